The van der Waals surface area contributed by atoms with Crippen molar-refractivity contribution in [2.45, 2.75) is 0 Å². The molecule has 3 nitrogen and oxygen atoms in total. The van der Waals surface area contributed by atoms with Crippen molar-refractivity contribution in [3.05, 3.63) is 26.1 Å². The van der Waals surface area contributed by atoms with Gasteiger partial charge in [0, 0.05) is 18.5 Å². The van der Waals surface area contributed by atoms with Crippen molar-refractivity contribution in [1.82, 2.24) is 0 Å². The molecular formula is C8H6BrNO2S. The van der Waals surface area contributed by atoms with Crippen LogP contribution in [0.2, 0.25) is 0 Å². The SMILES string of the molecule is CNc1cc(=O)c2scc(Br)c2o1. The Balaban J connectivity index is 2.88. The highest BCUT2D eigenvalue weighted by Gasteiger charge is 2.08. The van der Waals surface area contributed by atoms with Crippen LogP contribution < -0.4 is 10.7 Å². The van der Waals surface area contributed by atoms with Gasteiger partial charge in [-0.3, -0.25) is 4.79 Å². The molecule has 0 radical (unpaired) electrons. The Hall–Kier alpha value is -0.810. The van der Waals surface area contributed by atoms with E-state index in [0.717, 1.165) is 4.47 Å². The second-order valence-corrected chi connectivity index (χ2v) is 4.20. The average Bonchev–Trinajstić information content (AvgIpc) is 2.48. The summed E-state index contributed by atoms with van der Waals surface area (Å²) in [5.74, 6) is 0.483. The summed E-state index contributed by atoms with van der Waals surface area (Å²) in [6, 6.07) is 1.45. The van der Waals surface area contributed by atoms with Crippen LogP contribution >= 0.6 is 27.3 Å². The number of thiophene rings is 1. The third-order valence-corrected chi connectivity index (χ3v) is 3.52. The maximum absolute atomic E-state index is 11.5. The summed E-state index contributed by atoms with van der Waals surface area (Å²) in [5, 5.41) is 4.64. The van der Waals surface area contributed by atoms with Crippen molar-refractivity contribution in [3.63, 3.8) is 0 Å². The predicted molar refractivity (Wildman–Crippen MR) is 57.6 cm³/mol. The molecule has 0 bridgehead atoms. The van der Waals surface area contributed by atoms with Gasteiger partial charge < -0.3 is 9.73 Å². The predicted octanol–water partition coefficient (Wildman–Crippen LogP) is 2.66. The van der Waals surface area contributed by atoms with Crippen molar-refractivity contribution in [2.75, 3.05) is 12.4 Å². The summed E-state index contributed by atoms with van der Waals surface area (Å²) in [6.07, 6.45) is 0. The van der Waals surface area contributed by atoms with E-state index in [1.54, 1.807) is 7.05 Å². The maximum atomic E-state index is 11.5. The standard InChI is InChI=1S/C8H6BrNO2S/c1-10-6-2-5(11)8-7(12-6)4(9)3-13-8/h2-3,10H,1H3. The van der Waals surface area contributed by atoms with Crippen molar-refractivity contribution < 1.29 is 4.42 Å². The molecular weight excluding hydrogens is 254 g/mol. The highest BCUT2D eigenvalue weighted by atomic mass is 79.9. The van der Waals surface area contributed by atoms with Crippen LogP contribution in [-0.2, 0) is 0 Å². The number of halogens is 1. The first-order valence-corrected chi connectivity index (χ1v) is 5.28. The van der Waals surface area contributed by atoms with E-state index < -0.39 is 0 Å². The van der Waals surface area contributed by atoms with E-state index in [1.807, 2.05) is 5.38 Å². The molecule has 0 aliphatic heterocycles. The zero-order chi connectivity index (χ0) is 9.42. The molecule has 0 saturated carbocycles. The number of hydrogen-bond acceptors (Lipinski definition) is 4. The molecule has 0 aliphatic rings. The van der Waals surface area contributed by atoms with Crippen molar-refractivity contribution in [2.24, 2.45) is 0 Å². The van der Waals surface area contributed by atoms with Gasteiger partial charge in [-0.05, 0) is 15.9 Å². The molecule has 0 aliphatic carbocycles. The van der Waals surface area contributed by atoms with Gasteiger partial charge >= 0.3 is 0 Å². The molecule has 2 aromatic rings. The van der Waals surface area contributed by atoms with Gasteiger partial charge in [0.25, 0.3) is 0 Å². The lowest BCUT2D eigenvalue weighted by atomic mass is 10.4. The van der Waals surface area contributed by atoms with E-state index in [4.69, 9.17) is 4.42 Å². The zero-order valence-electron chi connectivity index (χ0n) is 6.76. The summed E-state index contributed by atoms with van der Waals surface area (Å²) < 4.78 is 6.88. The summed E-state index contributed by atoms with van der Waals surface area (Å²) in [7, 11) is 1.71. The molecule has 68 valence electrons. The topological polar surface area (TPSA) is 42.2 Å². The van der Waals surface area contributed by atoms with Crippen LogP contribution in [0.3, 0.4) is 0 Å². The van der Waals surface area contributed by atoms with Gasteiger partial charge in [-0.1, -0.05) is 0 Å². The average molecular weight is 260 g/mol. The van der Waals surface area contributed by atoms with Gasteiger partial charge in [0.15, 0.2) is 11.5 Å². The fourth-order valence-corrected chi connectivity index (χ4v) is 2.49. The number of fused-ring (bicyclic) bond motifs is 1. The summed E-state index contributed by atoms with van der Waals surface area (Å²) >= 11 is 4.69. The lowest BCUT2D eigenvalue weighted by Crippen LogP contribution is -1.99. The van der Waals surface area contributed by atoms with Crippen molar-refractivity contribution in [1.29, 1.82) is 0 Å². The van der Waals surface area contributed by atoms with E-state index >= 15 is 0 Å². The highest BCUT2D eigenvalue weighted by Crippen LogP contribution is 2.29. The van der Waals surface area contributed by atoms with Gasteiger partial charge in [-0.2, -0.15) is 0 Å². The first-order chi connectivity index (χ1) is 6.22. The Kier molecular flexibility index (Phi) is 2.13. The van der Waals surface area contributed by atoms with Crippen molar-refractivity contribution >= 4 is 43.4 Å². The maximum Gasteiger partial charge on any atom is 0.204 e. The van der Waals surface area contributed by atoms with E-state index in [1.165, 1.54) is 17.4 Å². The Morgan fingerprint density at radius 1 is 1.62 bits per heavy atom. The molecule has 2 rings (SSSR count). The first-order valence-electron chi connectivity index (χ1n) is 3.61. The second-order valence-electron chi connectivity index (χ2n) is 2.47. The monoisotopic (exact) mass is 259 g/mol. The van der Waals surface area contributed by atoms with Crippen LogP contribution in [0.15, 0.2) is 25.1 Å². The molecule has 13 heavy (non-hydrogen) atoms. The summed E-state index contributed by atoms with van der Waals surface area (Å²) in [6.45, 7) is 0. The van der Waals surface area contributed by atoms with Crippen LogP contribution in [0.1, 0.15) is 0 Å². The minimum Gasteiger partial charge on any atom is -0.438 e. The molecule has 5 heteroatoms. The molecule has 0 spiro atoms. The molecule has 0 atom stereocenters. The van der Waals surface area contributed by atoms with E-state index in [0.29, 0.717) is 16.2 Å². The third kappa shape index (κ3) is 1.38. The molecule has 0 unspecified atom stereocenters. The van der Waals surface area contributed by atoms with Crippen LogP contribution in [0.4, 0.5) is 5.88 Å². The fraction of sp³-hybridized carbons (Fsp3) is 0.125. The Morgan fingerprint density at radius 2 is 2.38 bits per heavy atom. The lowest BCUT2D eigenvalue weighted by Gasteiger charge is -1.97. The van der Waals surface area contributed by atoms with Gasteiger partial charge in [-0.15, -0.1) is 11.3 Å². The Morgan fingerprint density at radius 3 is 3.08 bits per heavy atom. The molecule has 0 saturated heterocycles. The summed E-state index contributed by atoms with van der Waals surface area (Å²) in [5.41, 5.74) is 0.600. The van der Waals surface area contributed by atoms with E-state index in [-0.39, 0.29) is 5.43 Å². The smallest absolute Gasteiger partial charge is 0.204 e. The van der Waals surface area contributed by atoms with Crippen molar-refractivity contribution in [3.8, 4) is 0 Å². The van der Waals surface area contributed by atoms with Gasteiger partial charge in [-0.25, -0.2) is 0 Å². The number of hydrogen-bond donors (Lipinski definition) is 1. The van der Waals surface area contributed by atoms with E-state index in [9.17, 15) is 4.79 Å². The van der Waals surface area contributed by atoms with Crippen LogP contribution in [0.5, 0.6) is 0 Å². The molecule has 0 aromatic carbocycles. The number of nitrogens with one attached hydrogen (secondary N) is 1. The van der Waals surface area contributed by atoms with Crippen LogP contribution in [-0.4, -0.2) is 7.05 Å². The minimum absolute atomic E-state index is 0.0127. The highest BCUT2D eigenvalue weighted by molar-refractivity contribution is 9.10. The molecule has 2 aromatic heterocycles. The van der Waals surface area contributed by atoms with Crippen LogP contribution in [0.25, 0.3) is 10.3 Å². The van der Waals surface area contributed by atoms with Gasteiger partial charge in [0.1, 0.15) is 4.70 Å². The largest absolute Gasteiger partial charge is 0.438 e. The molecule has 0 amide bonds. The minimum atomic E-state index is -0.0127. The Labute approximate surface area is 86.5 Å². The number of anilines is 1. The first kappa shape index (κ1) is 8.77. The lowest BCUT2D eigenvalue weighted by molar-refractivity contribution is 0.619. The second kappa shape index (κ2) is 3.16. The fourth-order valence-electron chi connectivity index (χ4n) is 1.04. The third-order valence-electron chi connectivity index (χ3n) is 1.65. The number of rotatable bonds is 1. The van der Waals surface area contributed by atoms with Crippen LogP contribution in [0, 0.1) is 0 Å². The molecule has 2 heterocycles. The quantitative estimate of drug-likeness (QED) is 0.857. The van der Waals surface area contributed by atoms with Gasteiger partial charge in [0.05, 0.1) is 4.47 Å². The Bertz CT molecular complexity index is 502. The van der Waals surface area contributed by atoms with Gasteiger partial charge in [0.2, 0.25) is 5.43 Å². The van der Waals surface area contributed by atoms with E-state index in [2.05, 4.69) is 21.2 Å². The zero-order valence-corrected chi connectivity index (χ0v) is 9.16. The summed E-state index contributed by atoms with van der Waals surface area (Å²) in [4.78, 5) is 11.5. The normalized spacial score (nSPS) is 10.6. The molecule has 1 N–H and O–H groups in total. The molecule has 0 fully saturated rings.